The molecule has 0 spiro atoms. The van der Waals surface area contributed by atoms with Gasteiger partial charge in [-0.1, -0.05) is 35.6 Å². The number of rotatable bonds is 5. The minimum atomic E-state index is -0.842. The number of anilines is 2. The summed E-state index contributed by atoms with van der Waals surface area (Å²) in [5.74, 6) is 7.12. The van der Waals surface area contributed by atoms with Crippen LogP contribution < -0.4 is 10.1 Å². The first-order valence-corrected chi connectivity index (χ1v) is 14.4. The lowest BCUT2D eigenvalue weighted by Crippen LogP contribution is -2.49. The van der Waals surface area contributed by atoms with Gasteiger partial charge in [-0.05, 0) is 76.6 Å². The van der Waals surface area contributed by atoms with E-state index in [1.807, 2.05) is 46.8 Å². The third-order valence-electron chi connectivity index (χ3n) is 6.23. The van der Waals surface area contributed by atoms with Gasteiger partial charge in [-0.15, -0.1) is 11.3 Å². The van der Waals surface area contributed by atoms with Crippen LogP contribution in [0.25, 0.3) is 10.2 Å². The molecule has 218 valence electrons. The van der Waals surface area contributed by atoms with Gasteiger partial charge >= 0.3 is 6.09 Å². The summed E-state index contributed by atoms with van der Waals surface area (Å²) in [5.41, 5.74) is 0.662. The predicted octanol–water partition coefficient (Wildman–Crippen LogP) is 7.53. The summed E-state index contributed by atoms with van der Waals surface area (Å²) in [6, 6.07) is 12.9. The summed E-state index contributed by atoms with van der Waals surface area (Å²) in [6.45, 7) is 9.58. The van der Waals surface area contributed by atoms with Crippen LogP contribution in [0.15, 0.2) is 54.9 Å². The zero-order valence-corrected chi connectivity index (χ0v) is 25.4. The van der Waals surface area contributed by atoms with Crippen LogP contribution >= 0.6 is 22.9 Å². The highest BCUT2D eigenvalue weighted by molar-refractivity contribution is 7.20. The number of amides is 1. The average molecular weight is 609 g/mol. The van der Waals surface area contributed by atoms with Crippen LogP contribution in [0.2, 0.25) is 5.02 Å². The van der Waals surface area contributed by atoms with Crippen LogP contribution in [0.3, 0.4) is 0 Å². The number of fused-ring (bicyclic) bond motifs is 1. The molecule has 0 saturated carbocycles. The van der Waals surface area contributed by atoms with Crippen LogP contribution in [0.5, 0.6) is 5.75 Å². The molecule has 8 nitrogen and oxygen atoms in total. The molecule has 1 fully saturated rings. The summed E-state index contributed by atoms with van der Waals surface area (Å²) in [6.07, 6.45) is 1.01. The molecular weight excluding hydrogens is 579 g/mol. The number of hydrogen-bond donors (Lipinski definition) is 1. The molecule has 4 aromatic rings. The minimum Gasteiger partial charge on any atom is -0.487 e. The maximum absolute atomic E-state index is 13.4. The third-order valence-corrected chi connectivity index (χ3v) is 7.57. The highest BCUT2D eigenvalue weighted by Crippen LogP contribution is 2.34. The molecule has 0 unspecified atom stereocenters. The smallest absolute Gasteiger partial charge is 0.413 e. The topological polar surface area (TPSA) is 85.8 Å². The fourth-order valence-corrected chi connectivity index (χ4v) is 5.50. The lowest BCUT2D eigenvalue weighted by molar-refractivity contribution is -0.0608. The van der Waals surface area contributed by atoms with Crippen LogP contribution in [0.4, 0.5) is 20.7 Å². The van der Waals surface area contributed by atoms with Crippen molar-refractivity contribution in [1.29, 1.82) is 0 Å². The summed E-state index contributed by atoms with van der Waals surface area (Å²) in [7, 11) is 0. The fourth-order valence-electron chi connectivity index (χ4n) is 4.35. The Balaban J connectivity index is 1.31. The van der Waals surface area contributed by atoms with E-state index in [4.69, 9.17) is 25.8 Å². The largest absolute Gasteiger partial charge is 0.487 e. The van der Waals surface area contributed by atoms with E-state index in [0.29, 0.717) is 27.8 Å². The number of benzene rings is 2. The second-order valence-corrected chi connectivity index (χ2v) is 12.6. The van der Waals surface area contributed by atoms with Crippen molar-refractivity contribution in [3.8, 4) is 17.6 Å². The zero-order chi connectivity index (χ0) is 30.1. The molecule has 11 heteroatoms. The molecule has 42 heavy (non-hydrogen) atoms. The van der Waals surface area contributed by atoms with Gasteiger partial charge in [0.05, 0.1) is 26.7 Å². The van der Waals surface area contributed by atoms with Gasteiger partial charge in [0.25, 0.3) is 0 Å². The van der Waals surface area contributed by atoms with E-state index in [2.05, 4.69) is 27.1 Å². The summed E-state index contributed by atoms with van der Waals surface area (Å²) < 4.78 is 31.5. The van der Waals surface area contributed by atoms with Crippen molar-refractivity contribution < 1.29 is 23.4 Å². The van der Waals surface area contributed by atoms with E-state index < -0.39 is 23.5 Å². The van der Waals surface area contributed by atoms with Crippen molar-refractivity contribution in [2.45, 2.75) is 58.6 Å². The molecule has 1 saturated heterocycles. The van der Waals surface area contributed by atoms with E-state index in [0.717, 1.165) is 15.1 Å². The number of aromatic nitrogens is 2. The van der Waals surface area contributed by atoms with Gasteiger partial charge in [0, 0.05) is 5.69 Å². The number of halogens is 2. The quantitative estimate of drug-likeness (QED) is 0.234. The molecule has 0 radical (unpaired) electrons. The molecule has 0 aliphatic carbocycles. The Kier molecular flexibility index (Phi) is 8.28. The molecule has 2 aromatic carbocycles. The van der Waals surface area contributed by atoms with Crippen LogP contribution in [0, 0.1) is 17.7 Å². The Morgan fingerprint density at radius 3 is 2.79 bits per heavy atom. The monoisotopic (exact) mass is 608 g/mol. The molecule has 1 aliphatic rings. The Labute approximate surface area is 252 Å². The predicted molar refractivity (Wildman–Crippen MR) is 162 cm³/mol. The summed E-state index contributed by atoms with van der Waals surface area (Å²) >= 11 is 7.91. The molecule has 2 aromatic heterocycles. The number of carbonyl (C=O) groups excluding carboxylic acids is 1. The number of hydrogen-bond acceptors (Lipinski definition) is 8. The van der Waals surface area contributed by atoms with Crippen molar-refractivity contribution in [3.05, 3.63) is 76.1 Å². The standard InChI is InChI=1S/C31H30ClFN4O4S/c1-30(2,3)41-29(38)37-22(17-40-31(37,4)5)10-11-23-15-25-27(42-23)28(35-18-34-25)36-21-9-12-26(24(32)14-21)39-16-19-7-6-8-20(33)13-19/h6-9,12-15,18,22H,16-17H2,1-5H3,(H,34,35,36)/t22-/m0/s1. The Morgan fingerprint density at radius 2 is 2.05 bits per heavy atom. The maximum atomic E-state index is 13.4. The van der Waals surface area contributed by atoms with E-state index in [1.165, 1.54) is 29.8 Å². The second kappa shape index (κ2) is 11.8. The van der Waals surface area contributed by atoms with Gasteiger partial charge in [-0.3, -0.25) is 4.90 Å². The van der Waals surface area contributed by atoms with E-state index in [-0.39, 0.29) is 19.0 Å². The van der Waals surface area contributed by atoms with Gasteiger partial charge in [0.2, 0.25) is 0 Å². The SMILES string of the molecule is CC(C)(C)OC(=O)N1[C@@H](C#Cc2cc3ncnc(Nc4ccc(OCc5cccc(F)c5)c(Cl)c4)c3s2)COC1(C)C. The van der Waals surface area contributed by atoms with Crippen molar-refractivity contribution in [1.82, 2.24) is 14.9 Å². The molecule has 5 rings (SSSR count). The van der Waals surface area contributed by atoms with Crippen LogP contribution in [-0.2, 0) is 16.1 Å². The average Bonchev–Trinajstić information content (AvgIpc) is 3.46. The number of nitrogens with zero attached hydrogens (tertiary/aromatic N) is 3. The highest BCUT2D eigenvalue weighted by Gasteiger charge is 2.45. The summed E-state index contributed by atoms with van der Waals surface area (Å²) in [4.78, 5) is 24.0. The van der Waals surface area contributed by atoms with Gasteiger partial charge in [0.15, 0.2) is 5.82 Å². The molecule has 1 aliphatic heterocycles. The first kappa shape index (κ1) is 29.6. The van der Waals surface area contributed by atoms with E-state index >= 15 is 0 Å². The lowest BCUT2D eigenvalue weighted by Gasteiger charge is -2.33. The van der Waals surface area contributed by atoms with Crippen molar-refractivity contribution in [2.75, 3.05) is 11.9 Å². The first-order chi connectivity index (χ1) is 19.9. The Bertz CT molecular complexity index is 1690. The summed E-state index contributed by atoms with van der Waals surface area (Å²) in [5, 5.41) is 3.69. The third kappa shape index (κ3) is 6.93. The molecule has 0 bridgehead atoms. The number of nitrogens with one attached hydrogen (secondary N) is 1. The number of carbonyl (C=O) groups is 1. The van der Waals surface area contributed by atoms with Gasteiger partial charge in [-0.2, -0.15) is 0 Å². The Hall–Kier alpha value is -3.91. The maximum Gasteiger partial charge on any atom is 0.413 e. The van der Waals surface area contributed by atoms with E-state index in [9.17, 15) is 9.18 Å². The van der Waals surface area contributed by atoms with Crippen molar-refractivity contribution >= 4 is 50.8 Å². The van der Waals surface area contributed by atoms with Gasteiger partial charge in [-0.25, -0.2) is 19.2 Å². The number of ether oxygens (including phenoxy) is 3. The second-order valence-electron chi connectivity index (χ2n) is 11.1. The first-order valence-electron chi connectivity index (χ1n) is 13.2. The highest BCUT2D eigenvalue weighted by atomic mass is 35.5. The molecule has 1 atom stereocenters. The van der Waals surface area contributed by atoms with Crippen molar-refractivity contribution in [3.63, 3.8) is 0 Å². The zero-order valence-electron chi connectivity index (χ0n) is 23.8. The molecule has 1 amide bonds. The lowest BCUT2D eigenvalue weighted by atomic mass is 10.2. The Morgan fingerprint density at radius 1 is 1.24 bits per heavy atom. The van der Waals surface area contributed by atoms with E-state index in [1.54, 1.807) is 29.2 Å². The van der Waals surface area contributed by atoms with Crippen LogP contribution in [-0.4, -0.2) is 44.9 Å². The molecule has 3 heterocycles. The minimum absolute atomic E-state index is 0.190. The van der Waals surface area contributed by atoms with Gasteiger partial charge < -0.3 is 19.5 Å². The number of thiophene rings is 1. The normalized spacial score (nSPS) is 16.2. The molecule has 1 N–H and O–H groups in total. The fraction of sp³-hybridized carbons (Fsp3) is 0.323. The molecular formula is C31H30ClFN4O4S. The van der Waals surface area contributed by atoms with Gasteiger partial charge in [0.1, 0.15) is 41.9 Å². The van der Waals surface area contributed by atoms with Crippen LogP contribution in [0.1, 0.15) is 45.1 Å². The van der Waals surface area contributed by atoms with Crippen molar-refractivity contribution in [2.24, 2.45) is 0 Å².